The summed E-state index contributed by atoms with van der Waals surface area (Å²) in [5.41, 5.74) is 0.787. The van der Waals surface area contributed by atoms with E-state index in [9.17, 15) is 4.79 Å². The summed E-state index contributed by atoms with van der Waals surface area (Å²) in [6.07, 6.45) is 2.73. The van der Waals surface area contributed by atoms with E-state index in [4.69, 9.17) is 9.84 Å². The van der Waals surface area contributed by atoms with E-state index in [-0.39, 0.29) is 11.3 Å². The average Bonchev–Trinajstić information content (AvgIpc) is 2.62. The lowest BCUT2D eigenvalue weighted by Gasteiger charge is -2.03. The number of nitrogens with one attached hydrogen (secondary N) is 1. The van der Waals surface area contributed by atoms with E-state index in [2.05, 4.69) is 15.0 Å². The Morgan fingerprint density at radius 1 is 1.57 bits per heavy atom. The number of hydrogen-bond acceptors (Lipinski definition) is 4. The number of imidazole rings is 1. The Kier molecular flexibility index (Phi) is 1.81. The average molecular weight is 193 g/mol. The highest BCUT2D eigenvalue weighted by Crippen LogP contribution is 2.23. The monoisotopic (exact) mass is 193 g/mol. The maximum absolute atomic E-state index is 10.9. The molecule has 72 valence electrons. The quantitative estimate of drug-likeness (QED) is 0.731. The van der Waals surface area contributed by atoms with E-state index in [1.54, 1.807) is 0 Å². The zero-order valence-electron chi connectivity index (χ0n) is 7.31. The maximum Gasteiger partial charge on any atom is 0.341 e. The molecule has 2 aromatic rings. The predicted molar refractivity (Wildman–Crippen MR) is 47.4 cm³/mol. The number of nitrogens with zero attached hydrogens (tertiary/aromatic N) is 2. The van der Waals surface area contributed by atoms with E-state index in [1.807, 2.05) is 0 Å². The van der Waals surface area contributed by atoms with Crippen molar-refractivity contribution in [2.75, 3.05) is 7.11 Å². The molecule has 6 heteroatoms. The molecule has 0 spiro atoms. The Bertz CT molecular complexity index is 492. The van der Waals surface area contributed by atoms with Gasteiger partial charge in [0, 0.05) is 0 Å². The van der Waals surface area contributed by atoms with Gasteiger partial charge in [-0.3, -0.25) is 0 Å². The summed E-state index contributed by atoms with van der Waals surface area (Å²) in [6, 6.07) is 0. The summed E-state index contributed by atoms with van der Waals surface area (Å²) in [7, 11) is 1.39. The number of carboxylic acid groups (broad SMARTS) is 1. The molecule has 6 nitrogen and oxygen atoms in total. The number of carboxylic acids is 1. The summed E-state index contributed by atoms with van der Waals surface area (Å²) >= 11 is 0. The van der Waals surface area contributed by atoms with Gasteiger partial charge in [0.1, 0.15) is 11.1 Å². The fourth-order valence-corrected chi connectivity index (χ4v) is 1.24. The molecular formula is C8H7N3O3. The van der Waals surface area contributed by atoms with Crippen molar-refractivity contribution in [2.24, 2.45) is 0 Å². The summed E-state index contributed by atoms with van der Waals surface area (Å²) in [4.78, 5) is 21.4. The van der Waals surface area contributed by atoms with Crippen LogP contribution in [0, 0.1) is 0 Å². The van der Waals surface area contributed by atoms with Crippen molar-refractivity contribution in [2.45, 2.75) is 0 Å². The summed E-state index contributed by atoms with van der Waals surface area (Å²) in [5.74, 6) is -0.854. The lowest BCUT2D eigenvalue weighted by Crippen LogP contribution is -2.02. The van der Waals surface area contributed by atoms with E-state index >= 15 is 0 Å². The van der Waals surface area contributed by atoms with Gasteiger partial charge in [0.2, 0.25) is 0 Å². The van der Waals surface area contributed by atoms with Crippen LogP contribution in [0.4, 0.5) is 0 Å². The van der Waals surface area contributed by atoms with Gasteiger partial charge in [0.25, 0.3) is 0 Å². The van der Waals surface area contributed by atoms with Crippen LogP contribution in [0.25, 0.3) is 11.2 Å². The van der Waals surface area contributed by atoms with Crippen LogP contribution in [-0.2, 0) is 0 Å². The molecule has 0 fully saturated rings. The SMILES string of the molecule is COc1cnc2nc[nH]c2c1C(=O)O. The molecule has 0 saturated heterocycles. The van der Waals surface area contributed by atoms with Gasteiger partial charge >= 0.3 is 5.97 Å². The number of H-pyrrole nitrogens is 1. The van der Waals surface area contributed by atoms with Crippen LogP contribution in [0.3, 0.4) is 0 Å². The van der Waals surface area contributed by atoms with Crippen LogP contribution in [-0.4, -0.2) is 33.1 Å². The first kappa shape index (κ1) is 8.49. The minimum absolute atomic E-state index is 0.0509. The number of ether oxygens (including phenoxy) is 1. The van der Waals surface area contributed by atoms with Crippen LogP contribution >= 0.6 is 0 Å². The van der Waals surface area contributed by atoms with E-state index in [1.165, 1.54) is 19.6 Å². The van der Waals surface area contributed by atoms with Crippen LogP contribution in [0.2, 0.25) is 0 Å². The third-order valence-electron chi connectivity index (χ3n) is 1.85. The molecular weight excluding hydrogens is 186 g/mol. The van der Waals surface area contributed by atoms with Gasteiger partial charge in [-0.25, -0.2) is 14.8 Å². The lowest BCUT2D eigenvalue weighted by molar-refractivity contribution is 0.0695. The highest BCUT2D eigenvalue weighted by molar-refractivity contribution is 6.02. The summed E-state index contributed by atoms with van der Waals surface area (Å²) in [5, 5.41) is 8.96. The standard InChI is InChI=1S/C8H7N3O3/c1-14-4-2-9-7-6(10-3-11-7)5(4)8(12)13/h2-3H,1H3,(H,12,13)(H,9,10,11). The number of aromatic nitrogens is 3. The Morgan fingerprint density at radius 3 is 3.00 bits per heavy atom. The molecule has 0 radical (unpaired) electrons. The van der Waals surface area contributed by atoms with Gasteiger partial charge in [0.15, 0.2) is 11.4 Å². The van der Waals surface area contributed by atoms with Crippen molar-refractivity contribution in [3.63, 3.8) is 0 Å². The van der Waals surface area contributed by atoms with Crippen molar-refractivity contribution in [1.82, 2.24) is 15.0 Å². The molecule has 0 atom stereocenters. The van der Waals surface area contributed by atoms with E-state index in [0.29, 0.717) is 11.2 Å². The Labute approximate surface area is 78.6 Å². The van der Waals surface area contributed by atoms with Crippen LogP contribution in [0.5, 0.6) is 5.75 Å². The molecule has 14 heavy (non-hydrogen) atoms. The van der Waals surface area contributed by atoms with Crippen molar-refractivity contribution in [3.05, 3.63) is 18.1 Å². The second-order valence-corrected chi connectivity index (χ2v) is 2.61. The molecule has 0 bridgehead atoms. The molecule has 0 aliphatic rings. The molecule has 2 aromatic heterocycles. The third-order valence-corrected chi connectivity index (χ3v) is 1.85. The number of rotatable bonds is 2. The number of pyridine rings is 1. The van der Waals surface area contributed by atoms with Crippen molar-refractivity contribution in [3.8, 4) is 5.75 Å². The highest BCUT2D eigenvalue weighted by atomic mass is 16.5. The minimum Gasteiger partial charge on any atom is -0.494 e. The molecule has 0 amide bonds. The van der Waals surface area contributed by atoms with Gasteiger partial charge < -0.3 is 14.8 Å². The Morgan fingerprint density at radius 2 is 2.36 bits per heavy atom. The molecule has 2 rings (SSSR count). The molecule has 0 unspecified atom stereocenters. The number of methoxy groups -OCH3 is 1. The fraction of sp³-hybridized carbons (Fsp3) is 0.125. The van der Waals surface area contributed by atoms with Crippen LogP contribution in [0.1, 0.15) is 10.4 Å². The predicted octanol–water partition coefficient (Wildman–Crippen LogP) is 0.665. The Balaban J connectivity index is 2.82. The molecule has 0 aromatic carbocycles. The fourth-order valence-electron chi connectivity index (χ4n) is 1.24. The largest absolute Gasteiger partial charge is 0.494 e. The molecule has 2 heterocycles. The lowest BCUT2D eigenvalue weighted by atomic mass is 10.2. The molecule has 0 aliphatic carbocycles. The first-order chi connectivity index (χ1) is 6.74. The van der Waals surface area contributed by atoms with E-state index < -0.39 is 5.97 Å². The normalized spacial score (nSPS) is 10.4. The van der Waals surface area contributed by atoms with Crippen LogP contribution in [0.15, 0.2) is 12.5 Å². The molecule has 0 saturated carbocycles. The summed E-state index contributed by atoms with van der Waals surface area (Å²) < 4.78 is 4.89. The number of hydrogen-bond donors (Lipinski definition) is 2. The van der Waals surface area contributed by atoms with Gasteiger partial charge in [-0.2, -0.15) is 0 Å². The molecule has 2 N–H and O–H groups in total. The second-order valence-electron chi connectivity index (χ2n) is 2.61. The zero-order chi connectivity index (χ0) is 10.1. The number of aromatic carboxylic acids is 1. The van der Waals surface area contributed by atoms with Crippen molar-refractivity contribution in [1.29, 1.82) is 0 Å². The number of fused-ring (bicyclic) bond motifs is 1. The van der Waals surface area contributed by atoms with Crippen molar-refractivity contribution >= 4 is 17.1 Å². The highest BCUT2D eigenvalue weighted by Gasteiger charge is 2.17. The Hall–Kier alpha value is -2.11. The van der Waals surface area contributed by atoms with Gasteiger partial charge in [-0.1, -0.05) is 0 Å². The van der Waals surface area contributed by atoms with E-state index in [0.717, 1.165) is 0 Å². The smallest absolute Gasteiger partial charge is 0.341 e. The number of aromatic amines is 1. The first-order valence-corrected chi connectivity index (χ1v) is 3.83. The summed E-state index contributed by atoms with van der Waals surface area (Å²) in [6.45, 7) is 0. The van der Waals surface area contributed by atoms with Gasteiger partial charge in [-0.15, -0.1) is 0 Å². The third kappa shape index (κ3) is 1.08. The van der Waals surface area contributed by atoms with Crippen molar-refractivity contribution < 1.29 is 14.6 Å². The van der Waals surface area contributed by atoms with Crippen LogP contribution < -0.4 is 4.74 Å². The topological polar surface area (TPSA) is 88.1 Å². The number of carbonyl (C=O) groups is 1. The maximum atomic E-state index is 10.9. The first-order valence-electron chi connectivity index (χ1n) is 3.83. The van der Waals surface area contributed by atoms with Gasteiger partial charge in [-0.05, 0) is 0 Å². The molecule has 0 aliphatic heterocycles. The van der Waals surface area contributed by atoms with Gasteiger partial charge in [0.05, 0.1) is 19.6 Å². The minimum atomic E-state index is -1.07. The second kappa shape index (κ2) is 2.99. The zero-order valence-corrected chi connectivity index (χ0v) is 7.31.